The minimum Gasteiger partial charge on any atom is -0.481 e. The summed E-state index contributed by atoms with van der Waals surface area (Å²) < 4.78 is 4.91. The molecular weight excluding hydrogens is 146 g/mol. The van der Waals surface area contributed by atoms with Crippen LogP contribution < -0.4 is 4.74 Å². The SMILES string of the molecule is COc1cccc(CS)n1. The van der Waals surface area contributed by atoms with Gasteiger partial charge in [-0.25, -0.2) is 4.98 Å². The summed E-state index contributed by atoms with van der Waals surface area (Å²) in [4.78, 5) is 4.11. The van der Waals surface area contributed by atoms with Crippen LogP contribution in [0.4, 0.5) is 0 Å². The summed E-state index contributed by atoms with van der Waals surface area (Å²) in [5, 5.41) is 0. The molecule has 0 amide bonds. The lowest BCUT2D eigenvalue weighted by atomic mass is 10.4. The number of aromatic nitrogens is 1. The number of hydrogen-bond acceptors (Lipinski definition) is 3. The van der Waals surface area contributed by atoms with Gasteiger partial charge in [0.05, 0.1) is 12.8 Å². The van der Waals surface area contributed by atoms with E-state index in [2.05, 4.69) is 17.6 Å². The number of thiol groups is 1. The van der Waals surface area contributed by atoms with Gasteiger partial charge in [-0.15, -0.1) is 0 Å². The molecule has 0 aliphatic heterocycles. The summed E-state index contributed by atoms with van der Waals surface area (Å²) in [7, 11) is 1.60. The predicted octanol–water partition coefficient (Wildman–Crippen LogP) is 1.52. The third-order valence-corrected chi connectivity index (χ3v) is 1.48. The largest absolute Gasteiger partial charge is 0.481 e. The molecule has 0 N–H and O–H groups in total. The van der Waals surface area contributed by atoms with Gasteiger partial charge in [0.1, 0.15) is 0 Å². The van der Waals surface area contributed by atoms with Gasteiger partial charge in [-0.1, -0.05) is 6.07 Å². The predicted molar refractivity (Wildman–Crippen MR) is 43.5 cm³/mol. The first kappa shape index (κ1) is 7.41. The van der Waals surface area contributed by atoms with E-state index in [1.165, 1.54) is 0 Å². The number of methoxy groups -OCH3 is 1. The van der Waals surface area contributed by atoms with Crippen molar-refractivity contribution in [2.75, 3.05) is 7.11 Å². The van der Waals surface area contributed by atoms with Gasteiger partial charge >= 0.3 is 0 Å². The number of nitrogens with zero attached hydrogens (tertiary/aromatic N) is 1. The Kier molecular flexibility index (Phi) is 2.57. The molecule has 1 heterocycles. The Morgan fingerprint density at radius 2 is 2.40 bits per heavy atom. The van der Waals surface area contributed by atoms with Crippen LogP contribution in [0.15, 0.2) is 18.2 Å². The van der Waals surface area contributed by atoms with Gasteiger partial charge in [-0.05, 0) is 6.07 Å². The lowest BCUT2D eigenvalue weighted by Crippen LogP contribution is -1.89. The Morgan fingerprint density at radius 1 is 1.60 bits per heavy atom. The zero-order chi connectivity index (χ0) is 7.40. The summed E-state index contributed by atoms with van der Waals surface area (Å²) in [5.74, 6) is 1.29. The van der Waals surface area contributed by atoms with E-state index >= 15 is 0 Å². The second-order valence-electron chi connectivity index (χ2n) is 1.83. The molecule has 0 radical (unpaired) electrons. The first-order valence-electron chi connectivity index (χ1n) is 2.97. The fourth-order valence-corrected chi connectivity index (χ4v) is 0.835. The molecule has 2 nitrogen and oxygen atoms in total. The third kappa shape index (κ3) is 1.64. The minimum atomic E-state index is 0.645. The topological polar surface area (TPSA) is 22.1 Å². The molecule has 3 heteroatoms. The van der Waals surface area contributed by atoms with Gasteiger partial charge in [0.15, 0.2) is 0 Å². The zero-order valence-corrected chi connectivity index (χ0v) is 6.64. The van der Waals surface area contributed by atoms with Gasteiger partial charge in [0, 0.05) is 11.8 Å². The highest BCUT2D eigenvalue weighted by Crippen LogP contribution is 2.07. The van der Waals surface area contributed by atoms with E-state index in [0.29, 0.717) is 11.6 Å². The molecule has 1 rings (SSSR count). The summed E-state index contributed by atoms with van der Waals surface area (Å²) in [6.45, 7) is 0. The van der Waals surface area contributed by atoms with Crippen LogP contribution >= 0.6 is 12.6 Å². The van der Waals surface area contributed by atoms with Crippen LogP contribution in [0.2, 0.25) is 0 Å². The number of pyridine rings is 1. The van der Waals surface area contributed by atoms with Crippen LogP contribution in [-0.4, -0.2) is 12.1 Å². The Labute approximate surface area is 65.6 Å². The van der Waals surface area contributed by atoms with Gasteiger partial charge in [-0.3, -0.25) is 0 Å². The molecule has 54 valence electrons. The number of hydrogen-bond donors (Lipinski definition) is 1. The van der Waals surface area contributed by atoms with Crippen molar-refractivity contribution in [1.82, 2.24) is 4.98 Å². The molecule has 1 aromatic heterocycles. The summed E-state index contributed by atoms with van der Waals surface area (Å²) in [6, 6.07) is 5.62. The lowest BCUT2D eigenvalue weighted by Gasteiger charge is -1.98. The molecule has 0 unspecified atom stereocenters. The van der Waals surface area contributed by atoms with Crippen molar-refractivity contribution >= 4 is 12.6 Å². The van der Waals surface area contributed by atoms with E-state index in [1.54, 1.807) is 7.11 Å². The van der Waals surface area contributed by atoms with Gasteiger partial charge in [-0.2, -0.15) is 12.6 Å². The van der Waals surface area contributed by atoms with E-state index in [-0.39, 0.29) is 0 Å². The van der Waals surface area contributed by atoms with Crippen molar-refractivity contribution in [3.05, 3.63) is 23.9 Å². The maximum atomic E-state index is 4.91. The Balaban J connectivity index is 2.87. The van der Waals surface area contributed by atoms with Crippen LogP contribution in [0, 0.1) is 0 Å². The molecule has 0 saturated heterocycles. The van der Waals surface area contributed by atoms with Gasteiger partial charge < -0.3 is 4.74 Å². The monoisotopic (exact) mass is 155 g/mol. The molecular formula is C7H9NOS. The van der Waals surface area contributed by atoms with Crippen LogP contribution in [0.3, 0.4) is 0 Å². The van der Waals surface area contributed by atoms with Gasteiger partial charge in [0.25, 0.3) is 0 Å². The Bertz CT molecular complexity index is 195. The highest BCUT2D eigenvalue weighted by atomic mass is 32.1. The first-order valence-corrected chi connectivity index (χ1v) is 3.61. The molecule has 0 aromatic carbocycles. The van der Waals surface area contributed by atoms with Crippen molar-refractivity contribution in [3.63, 3.8) is 0 Å². The quantitative estimate of drug-likeness (QED) is 0.654. The fraction of sp³-hybridized carbons (Fsp3) is 0.286. The maximum Gasteiger partial charge on any atom is 0.213 e. The van der Waals surface area contributed by atoms with E-state index in [1.807, 2.05) is 18.2 Å². The summed E-state index contributed by atoms with van der Waals surface area (Å²) in [6.07, 6.45) is 0. The average Bonchev–Trinajstić information content (AvgIpc) is 2.05. The van der Waals surface area contributed by atoms with Crippen LogP contribution in [0.5, 0.6) is 5.88 Å². The standard InChI is InChI=1S/C7H9NOS/c1-9-7-4-2-3-6(5-10)8-7/h2-4,10H,5H2,1H3. The van der Waals surface area contributed by atoms with E-state index in [4.69, 9.17) is 4.74 Å². The summed E-state index contributed by atoms with van der Waals surface area (Å²) in [5.41, 5.74) is 0.933. The van der Waals surface area contributed by atoms with E-state index < -0.39 is 0 Å². The Morgan fingerprint density at radius 3 is 3.00 bits per heavy atom. The van der Waals surface area contributed by atoms with Gasteiger partial charge in [0.2, 0.25) is 5.88 Å². The molecule has 0 bridgehead atoms. The molecule has 0 spiro atoms. The number of rotatable bonds is 2. The normalized spacial score (nSPS) is 9.40. The minimum absolute atomic E-state index is 0.645. The second-order valence-corrected chi connectivity index (χ2v) is 2.15. The molecule has 0 fully saturated rings. The zero-order valence-electron chi connectivity index (χ0n) is 5.74. The first-order chi connectivity index (χ1) is 4.86. The molecule has 0 aliphatic rings. The third-order valence-electron chi connectivity index (χ3n) is 1.15. The van der Waals surface area contributed by atoms with Crippen molar-refractivity contribution in [3.8, 4) is 5.88 Å². The van der Waals surface area contributed by atoms with E-state index in [0.717, 1.165) is 5.69 Å². The highest BCUT2D eigenvalue weighted by Gasteiger charge is 1.92. The van der Waals surface area contributed by atoms with Crippen LogP contribution in [0.25, 0.3) is 0 Å². The van der Waals surface area contributed by atoms with Crippen molar-refractivity contribution in [2.45, 2.75) is 5.75 Å². The van der Waals surface area contributed by atoms with Crippen LogP contribution in [0.1, 0.15) is 5.69 Å². The smallest absolute Gasteiger partial charge is 0.213 e. The number of ether oxygens (including phenoxy) is 1. The van der Waals surface area contributed by atoms with Crippen LogP contribution in [-0.2, 0) is 5.75 Å². The average molecular weight is 155 g/mol. The molecule has 0 saturated carbocycles. The van der Waals surface area contributed by atoms with E-state index in [9.17, 15) is 0 Å². The van der Waals surface area contributed by atoms with Crippen molar-refractivity contribution < 1.29 is 4.74 Å². The second kappa shape index (κ2) is 3.46. The summed E-state index contributed by atoms with van der Waals surface area (Å²) >= 11 is 4.08. The maximum absolute atomic E-state index is 4.91. The van der Waals surface area contributed by atoms with Crippen molar-refractivity contribution in [1.29, 1.82) is 0 Å². The molecule has 10 heavy (non-hydrogen) atoms. The molecule has 0 atom stereocenters. The highest BCUT2D eigenvalue weighted by molar-refractivity contribution is 7.79. The van der Waals surface area contributed by atoms with Crippen molar-refractivity contribution in [2.24, 2.45) is 0 Å². The Hall–Kier alpha value is -0.700. The lowest BCUT2D eigenvalue weighted by molar-refractivity contribution is 0.397. The molecule has 1 aromatic rings. The fourth-order valence-electron chi connectivity index (χ4n) is 0.659. The molecule has 0 aliphatic carbocycles.